The van der Waals surface area contributed by atoms with Gasteiger partial charge in [0.2, 0.25) is 0 Å². The van der Waals surface area contributed by atoms with Crippen molar-refractivity contribution in [3.63, 3.8) is 0 Å². The van der Waals surface area contributed by atoms with Crippen LogP contribution in [-0.2, 0) is 0 Å². The summed E-state index contributed by atoms with van der Waals surface area (Å²) in [5.41, 5.74) is 9.32. The summed E-state index contributed by atoms with van der Waals surface area (Å²) in [5, 5.41) is 9.56. The van der Waals surface area contributed by atoms with Gasteiger partial charge < -0.3 is 19.9 Å². The van der Waals surface area contributed by atoms with E-state index in [1.807, 2.05) is 42.5 Å². The maximum absolute atomic E-state index is 9.56. The van der Waals surface area contributed by atoms with Gasteiger partial charge in [-0.25, -0.2) is 4.98 Å². The zero-order valence-electron chi connectivity index (χ0n) is 15.3. The number of pyridine rings is 1. The molecule has 2 N–H and O–H groups in total. The zero-order chi connectivity index (χ0) is 19.4. The second-order valence-corrected chi connectivity index (χ2v) is 5.72. The van der Waals surface area contributed by atoms with Gasteiger partial charge in [-0.05, 0) is 35.9 Å². The molecule has 0 atom stereocenters. The van der Waals surface area contributed by atoms with Crippen LogP contribution in [0, 0.1) is 11.3 Å². The average molecular weight is 361 g/mol. The molecule has 136 valence electrons. The largest absolute Gasteiger partial charge is 0.497 e. The molecular weight excluding hydrogens is 342 g/mol. The molecule has 0 aliphatic heterocycles. The highest BCUT2D eigenvalue weighted by Gasteiger charge is 2.16. The summed E-state index contributed by atoms with van der Waals surface area (Å²) in [6.45, 7) is 0. The molecular formula is C21H19N3O3. The minimum Gasteiger partial charge on any atom is -0.497 e. The van der Waals surface area contributed by atoms with Crippen LogP contribution in [0.25, 0.3) is 22.4 Å². The molecule has 0 radical (unpaired) electrons. The Bertz CT molecular complexity index is 1010. The van der Waals surface area contributed by atoms with E-state index in [0.29, 0.717) is 28.3 Å². The fourth-order valence-electron chi connectivity index (χ4n) is 2.83. The molecule has 0 unspecified atom stereocenters. The molecule has 2 aromatic carbocycles. The van der Waals surface area contributed by atoms with E-state index in [1.165, 1.54) is 0 Å². The molecule has 0 saturated heterocycles. The molecule has 3 rings (SSSR count). The highest BCUT2D eigenvalue weighted by Crippen LogP contribution is 2.37. The van der Waals surface area contributed by atoms with Gasteiger partial charge in [-0.15, -0.1) is 0 Å². The van der Waals surface area contributed by atoms with Crippen molar-refractivity contribution in [3.8, 4) is 45.7 Å². The van der Waals surface area contributed by atoms with Crippen molar-refractivity contribution in [2.24, 2.45) is 0 Å². The third-order valence-corrected chi connectivity index (χ3v) is 4.24. The molecule has 0 saturated carbocycles. The Labute approximate surface area is 157 Å². The van der Waals surface area contributed by atoms with Gasteiger partial charge in [0.25, 0.3) is 0 Å². The molecule has 0 bridgehead atoms. The van der Waals surface area contributed by atoms with E-state index in [4.69, 9.17) is 19.9 Å². The topological polar surface area (TPSA) is 90.4 Å². The summed E-state index contributed by atoms with van der Waals surface area (Å²) in [6.07, 6.45) is 0. The Morgan fingerprint density at radius 2 is 1.52 bits per heavy atom. The number of nitrogens with two attached hydrogens (primary N) is 1. The first-order chi connectivity index (χ1) is 13.1. The third-order valence-electron chi connectivity index (χ3n) is 4.24. The van der Waals surface area contributed by atoms with Crippen molar-refractivity contribution in [1.29, 1.82) is 5.26 Å². The first kappa shape index (κ1) is 18.1. The monoisotopic (exact) mass is 361 g/mol. The van der Waals surface area contributed by atoms with Crippen molar-refractivity contribution in [1.82, 2.24) is 4.98 Å². The van der Waals surface area contributed by atoms with Crippen LogP contribution >= 0.6 is 0 Å². The average Bonchev–Trinajstić information content (AvgIpc) is 2.72. The van der Waals surface area contributed by atoms with Crippen LogP contribution in [0.4, 0.5) is 5.82 Å². The predicted octanol–water partition coefficient (Wildman–Crippen LogP) is 3.90. The highest BCUT2D eigenvalue weighted by molar-refractivity contribution is 5.82. The van der Waals surface area contributed by atoms with Crippen LogP contribution in [0.5, 0.6) is 17.2 Å². The standard InChI is InChI=1S/C21H19N3O3/c1-25-14-6-4-13(5-7-14)17-11-19(24-21(23)18(17)12-22)16-9-8-15(26-2)10-20(16)27-3/h4-11H,1-3H3,(H2,23,24). The highest BCUT2D eigenvalue weighted by atomic mass is 16.5. The normalized spacial score (nSPS) is 10.1. The number of rotatable bonds is 5. The number of hydrogen-bond donors (Lipinski definition) is 1. The number of ether oxygens (including phenoxy) is 3. The summed E-state index contributed by atoms with van der Waals surface area (Å²) in [7, 11) is 4.78. The maximum atomic E-state index is 9.56. The Morgan fingerprint density at radius 1 is 0.852 bits per heavy atom. The smallest absolute Gasteiger partial charge is 0.142 e. The number of nitrogen functional groups attached to an aromatic ring is 1. The number of nitrogens with zero attached hydrogens (tertiary/aromatic N) is 2. The number of methoxy groups -OCH3 is 3. The van der Waals surface area contributed by atoms with E-state index in [-0.39, 0.29) is 5.82 Å². The molecule has 0 amide bonds. The first-order valence-electron chi connectivity index (χ1n) is 8.18. The summed E-state index contributed by atoms with van der Waals surface area (Å²) in [5.74, 6) is 2.18. The Balaban J connectivity index is 2.19. The molecule has 6 heteroatoms. The summed E-state index contributed by atoms with van der Waals surface area (Å²) >= 11 is 0. The quantitative estimate of drug-likeness (QED) is 0.741. The fourth-order valence-corrected chi connectivity index (χ4v) is 2.83. The molecule has 1 aromatic heterocycles. The molecule has 1 heterocycles. The lowest BCUT2D eigenvalue weighted by molar-refractivity contribution is 0.395. The summed E-state index contributed by atoms with van der Waals surface area (Å²) in [4.78, 5) is 4.41. The summed E-state index contributed by atoms with van der Waals surface area (Å²) in [6, 6.07) is 16.9. The van der Waals surface area contributed by atoms with E-state index >= 15 is 0 Å². The molecule has 0 fully saturated rings. The van der Waals surface area contributed by atoms with Crippen molar-refractivity contribution >= 4 is 5.82 Å². The lowest BCUT2D eigenvalue weighted by Gasteiger charge is -2.13. The number of benzene rings is 2. The number of anilines is 1. The molecule has 3 aromatic rings. The lowest BCUT2D eigenvalue weighted by Crippen LogP contribution is -2.01. The minimum atomic E-state index is 0.165. The van der Waals surface area contributed by atoms with Crippen LogP contribution in [0.1, 0.15) is 5.56 Å². The molecule has 6 nitrogen and oxygen atoms in total. The van der Waals surface area contributed by atoms with Gasteiger partial charge in [0, 0.05) is 17.2 Å². The van der Waals surface area contributed by atoms with E-state index in [2.05, 4.69) is 11.1 Å². The number of hydrogen-bond acceptors (Lipinski definition) is 6. The zero-order valence-corrected chi connectivity index (χ0v) is 15.3. The fraction of sp³-hybridized carbons (Fsp3) is 0.143. The van der Waals surface area contributed by atoms with Crippen molar-refractivity contribution in [2.45, 2.75) is 0 Å². The van der Waals surface area contributed by atoms with Crippen molar-refractivity contribution in [2.75, 3.05) is 27.1 Å². The van der Waals surface area contributed by atoms with E-state index < -0.39 is 0 Å². The lowest BCUT2D eigenvalue weighted by atomic mass is 9.98. The van der Waals surface area contributed by atoms with Crippen LogP contribution in [0.15, 0.2) is 48.5 Å². The van der Waals surface area contributed by atoms with E-state index in [1.54, 1.807) is 27.4 Å². The Hall–Kier alpha value is -3.72. The van der Waals surface area contributed by atoms with Gasteiger partial charge in [0.15, 0.2) is 0 Å². The molecule has 0 aliphatic rings. The first-order valence-corrected chi connectivity index (χ1v) is 8.18. The Morgan fingerprint density at radius 3 is 2.11 bits per heavy atom. The second kappa shape index (κ2) is 7.67. The van der Waals surface area contributed by atoms with Crippen molar-refractivity contribution < 1.29 is 14.2 Å². The minimum absolute atomic E-state index is 0.165. The molecule has 0 aliphatic carbocycles. The van der Waals surface area contributed by atoms with Gasteiger partial charge >= 0.3 is 0 Å². The SMILES string of the molecule is COc1ccc(-c2cc(-c3ccc(OC)cc3OC)nc(N)c2C#N)cc1. The van der Waals surface area contributed by atoms with Gasteiger partial charge in [-0.1, -0.05) is 12.1 Å². The van der Waals surface area contributed by atoms with Gasteiger partial charge in [0.05, 0.1) is 27.0 Å². The predicted molar refractivity (Wildman–Crippen MR) is 104 cm³/mol. The van der Waals surface area contributed by atoms with Crippen LogP contribution < -0.4 is 19.9 Å². The Kier molecular flexibility index (Phi) is 5.13. The van der Waals surface area contributed by atoms with Gasteiger partial charge in [0.1, 0.15) is 34.7 Å². The molecule has 27 heavy (non-hydrogen) atoms. The van der Waals surface area contributed by atoms with Gasteiger partial charge in [-0.2, -0.15) is 5.26 Å². The van der Waals surface area contributed by atoms with E-state index in [0.717, 1.165) is 16.9 Å². The van der Waals surface area contributed by atoms with Crippen LogP contribution in [0.2, 0.25) is 0 Å². The number of nitriles is 1. The second-order valence-electron chi connectivity index (χ2n) is 5.72. The van der Waals surface area contributed by atoms with E-state index in [9.17, 15) is 5.26 Å². The maximum Gasteiger partial charge on any atom is 0.142 e. The third kappa shape index (κ3) is 3.48. The summed E-state index contributed by atoms with van der Waals surface area (Å²) < 4.78 is 15.9. The van der Waals surface area contributed by atoms with Crippen LogP contribution in [-0.4, -0.2) is 26.3 Å². The molecule has 0 spiro atoms. The van der Waals surface area contributed by atoms with Crippen molar-refractivity contribution in [3.05, 3.63) is 54.1 Å². The van der Waals surface area contributed by atoms with Crippen LogP contribution in [0.3, 0.4) is 0 Å². The van der Waals surface area contributed by atoms with Gasteiger partial charge in [-0.3, -0.25) is 0 Å². The number of aromatic nitrogens is 1.